The first-order valence-corrected chi connectivity index (χ1v) is 11.6. The first-order valence-electron chi connectivity index (χ1n) is 9.28. The fourth-order valence-corrected chi connectivity index (χ4v) is 4.91. The molecule has 0 spiro atoms. The van der Waals surface area contributed by atoms with Gasteiger partial charge in [-0.25, -0.2) is 18.2 Å². The minimum Gasteiger partial charge on any atom is -0.455 e. The van der Waals surface area contributed by atoms with Crippen molar-refractivity contribution in [3.63, 3.8) is 0 Å². The van der Waals surface area contributed by atoms with Crippen LogP contribution in [0.3, 0.4) is 0 Å². The van der Waals surface area contributed by atoms with E-state index in [1.54, 1.807) is 30.5 Å². The molecule has 0 aliphatic rings. The van der Waals surface area contributed by atoms with Gasteiger partial charge in [-0.3, -0.25) is 4.72 Å². The maximum atomic E-state index is 12.7. The second kappa shape index (κ2) is 8.75. The van der Waals surface area contributed by atoms with E-state index in [9.17, 15) is 13.2 Å². The third-order valence-electron chi connectivity index (χ3n) is 4.40. The van der Waals surface area contributed by atoms with E-state index in [0.29, 0.717) is 17.3 Å². The lowest BCUT2D eigenvalue weighted by atomic mass is 10.2. The Morgan fingerprint density at radius 1 is 1.06 bits per heavy atom. The smallest absolute Gasteiger partial charge is 0.340 e. The minimum atomic E-state index is -3.79. The number of esters is 1. The largest absolute Gasteiger partial charge is 0.455 e. The fourth-order valence-electron chi connectivity index (χ4n) is 2.84. The number of sulfonamides is 1. The standard InChI is InChI=1S/C22H18N2O5S2/c1-15-19(23-21(29-15)16-8-3-2-4-9-16)14-28-22(25)17-10-5-6-11-18(17)24-31(26,27)20-12-7-13-30-20/h2-13,24H,14H2,1H3. The summed E-state index contributed by atoms with van der Waals surface area (Å²) in [6.07, 6.45) is 0. The molecular weight excluding hydrogens is 436 g/mol. The molecule has 4 aromatic rings. The van der Waals surface area contributed by atoms with Crippen molar-refractivity contribution in [2.75, 3.05) is 4.72 Å². The number of rotatable bonds is 7. The Morgan fingerprint density at radius 2 is 1.81 bits per heavy atom. The Bertz CT molecular complexity index is 1300. The van der Waals surface area contributed by atoms with Crippen molar-refractivity contribution in [2.24, 2.45) is 0 Å². The SMILES string of the molecule is Cc1oc(-c2ccccc2)nc1COC(=O)c1ccccc1NS(=O)(=O)c1cccs1. The van der Waals surface area contributed by atoms with Gasteiger partial charge in [-0.15, -0.1) is 11.3 Å². The van der Waals surface area contributed by atoms with E-state index < -0.39 is 16.0 Å². The molecule has 9 heteroatoms. The van der Waals surface area contributed by atoms with Crippen molar-refractivity contribution >= 4 is 33.0 Å². The summed E-state index contributed by atoms with van der Waals surface area (Å²) in [5, 5.41) is 1.67. The van der Waals surface area contributed by atoms with E-state index in [2.05, 4.69) is 9.71 Å². The molecule has 0 saturated carbocycles. The number of hydrogen-bond donors (Lipinski definition) is 1. The van der Waals surface area contributed by atoms with Gasteiger partial charge in [0.1, 0.15) is 22.3 Å². The summed E-state index contributed by atoms with van der Waals surface area (Å²) < 4.78 is 38.7. The molecular formula is C22H18N2O5S2. The van der Waals surface area contributed by atoms with Crippen molar-refractivity contribution in [2.45, 2.75) is 17.7 Å². The summed E-state index contributed by atoms with van der Waals surface area (Å²) in [5.74, 6) is 0.305. The average Bonchev–Trinajstić information content (AvgIpc) is 3.43. The van der Waals surface area contributed by atoms with Gasteiger partial charge in [0, 0.05) is 5.56 Å². The van der Waals surface area contributed by atoms with Crippen LogP contribution < -0.4 is 4.72 Å². The zero-order valence-electron chi connectivity index (χ0n) is 16.4. The Hall–Kier alpha value is -3.43. The highest BCUT2D eigenvalue weighted by Crippen LogP contribution is 2.25. The number of hydrogen-bond acceptors (Lipinski definition) is 7. The van der Waals surface area contributed by atoms with E-state index in [-0.39, 0.29) is 22.1 Å². The Morgan fingerprint density at radius 3 is 2.55 bits per heavy atom. The number of para-hydroxylation sites is 1. The molecule has 0 saturated heterocycles. The molecule has 0 bridgehead atoms. The number of nitrogens with one attached hydrogen (secondary N) is 1. The van der Waals surface area contributed by atoms with Crippen molar-refractivity contribution in [3.8, 4) is 11.5 Å². The number of anilines is 1. The van der Waals surface area contributed by atoms with Crippen LogP contribution in [-0.2, 0) is 21.4 Å². The van der Waals surface area contributed by atoms with Crippen molar-refractivity contribution < 1.29 is 22.4 Å². The summed E-state index contributed by atoms with van der Waals surface area (Å²) in [4.78, 5) is 17.1. The molecule has 2 heterocycles. The van der Waals surface area contributed by atoms with Crippen LogP contribution in [0, 0.1) is 6.92 Å². The molecule has 7 nitrogen and oxygen atoms in total. The maximum absolute atomic E-state index is 12.7. The van der Waals surface area contributed by atoms with Gasteiger partial charge in [-0.05, 0) is 42.6 Å². The number of ether oxygens (including phenoxy) is 1. The van der Waals surface area contributed by atoms with Crippen LogP contribution in [-0.4, -0.2) is 19.4 Å². The highest BCUT2D eigenvalue weighted by Gasteiger charge is 2.21. The van der Waals surface area contributed by atoms with Crippen LogP contribution in [0.1, 0.15) is 21.8 Å². The lowest BCUT2D eigenvalue weighted by molar-refractivity contribution is 0.0468. The summed E-state index contributed by atoms with van der Waals surface area (Å²) in [6, 6.07) is 18.8. The van der Waals surface area contributed by atoms with Gasteiger partial charge >= 0.3 is 5.97 Å². The van der Waals surface area contributed by atoms with E-state index in [1.807, 2.05) is 30.3 Å². The molecule has 1 N–H and O–H groups in total. The van der Waals surface area contributed by atoms with E-state index >= 15 is 0 Å². The van der Waals surface area contributed by atoms with Gasteiger partial charge in [-0.1, -0.05) is 36.4 Å². The Kier molecular flexibility index (Phi) is 5.88. The zero-order chi connectivity index (χ0) is 21.8. The van der Waals surface area contributed by atoms with Crippen LogP contribution in [0.5, 0.6) is 0 Å². The maximum Gasteiger partial charge on any atom is 0.340 e. The highest BCUT2D eigenvalue weighted by atomic mass is 32.2. The number of thiophene rings is 1. The molecule has 4 rings (SSSR count). The molecule has 2 aromatic heterocycles. The summed E-state index contributed by atoms with van der Waals surface area (Å²) in [6.45, 7) is 1.64. The van der Waals surface area contributed by atoms with E-state index in [1.165, 1.54) is 18.2 Å². The van der Waals surface area contributed by atoms with Crippen LogP contribution >= 0.6 is 11.3 Å². The summed E-state index contributed by atoms with van der Waals surface area (Å²) in [7, 11) is -3.79. The Labute approximate surface area is 183 Å². The van der Waals surface area contributed by atoms with Gasteiger partial charge in [-0.2, -0.15) is 0 Å². The van der Waals surface area contributed by atoms with Gasteiger partial charge in [0.05, 0.1) is 11.3 Å². The Balaban J connectivity index is 1.50. The fraction of sp³-hybridized carbons (Fsp3) is 0.0909. The zero-order valence-corrected chi connectivity index (χ0v) is 18.1. The van der Waals surface area contributed by atoms with Gasteiger partial charge in [0.15, 0.2) is 0 Å². The molecule has 158 valence electrons. The number of carbonyl (C=O) groups excluding carboxylic acids is 1. The van der Waals surface area contributed by atoms with E-state index in [4.69, 9.17) is 9.15 Å². The second-order valence-electron chi connectivity index (χ2n) is 6.55. The van der Waals surface area contributed by atoms with Gasteiger partial charge in [0.2, 0.25) is 5.89 Å². The molecule has 0 unspecified atom stereocenters. The molecule has 2 aromatic carbocycles. The lowest BCUT2D eigenvalue weighted by Gasteiger charge is -2.11. The van der Waals surface area contributed by atoms with Crippen LogP contribution in [0.4, 0.5) is 5.69 Å². The highest BCUT2D eigenvalue weighted by molar-refractivity contribution is 7.94. The molecule has 0 atom stereocenters. The predicted octanol–water partition coefficient (Wildman–Crippen LogP) is 4.87. The normalized spacial score (nSPS) is 11.3. The van der Waals surface area contributed by atoms with Crippen LogP contribution in [0.15, 0.2) is 80.7 Å². The number of aromatic nitrogens is 1. The van der Waals surface area contributed by atoms with Crippen LogP contribution in [0.2, 0.25) is 0 Å². The molecule has 0 amide bonds. The average molecular weight is 455 g/mol. The van der Waals surface area contributed by atoms with Gasteiger partial charge in [0.25, 0.3) is 10.0 Å². The number of benzene rings is 2. The van der Waals surface area contributed by atoms with E-state index in [0.717, 1.165) is 16.9 Å². The molecule has 0 radical (unpaired) electrons. The molecule has 31 heavy (non-hydrogen) atoms. The van der Waals surface area contributed by atoms with Crippen LogP contribution in [0.25, 0.3) is 11.5 Å². The monoisotopic (exact) mass is 454 g/mol. The van der Waals surface area contributed by atoms with Crippen molar-refractivity contribution in [1.29, 1.82) is 0 Å². The second-order valence-corrected chi connectivity index (χ2v) is 9.40. The molecule has 0 fully saturated rings. The first kappa shape index (κ1) is 20.8. The number of carbonyl (C=O) groups is 1. The lowest BCUT2D eigenvalue weighted by Crippen LogP contribution is -2.15. The molecule has 0 aliphatic heterocycles. The quantitative estimate of drug-likeness (QED) is 0.400. The number of aryl methyl sites for hydroxylation is 1. The first-order chi connectivity index (χ1) is 14.9. The third-order valence-corrected chi connectivity index (χ3v) is 7.17. The summed E-state index contributed by atoms with van der Waals surface area (Å²) >= 11 is 1.09. The topological polar surface area (TPSA) is 98.5 Å². The van der Waals surface area contributed by atoms with Gasteiger partial charge < -0.3 is 9.15 Å². The number of nitrogens with zero attached hydrogens (tertiary/aromatic N) is 1. The summed E-state index contributed by atoms with van der Waals surface area (Å²) in [5.41, 5.74) is 1.55. The molecule has 0 aliphatic carbocycles. The van der Waals surface area contributed by atoms with Crippen molar-refractivity contribution in [3.05, 3.63) is 89.1 Å². The third kappa shape index (κ3) is 4.68. The number of oxazole rings is 1. The van der Waals surface area contributed by atoms with Crippen molar-refractivity contribution in [1.82, 2.24) is 4.98 Å². The minimum absolute atomic E-state index is 0.104. The predicted molar refractivity (Wildman–Crippen MR) is 117 cm³/mol.